The average Bonchev–Trinajstić information content (AvgIpc) is 2.38. The predicted molar refractivity (Wildman–Crippen MR) is 90.9 cm³/mol. The molecule has 1 atom stereocenters. The summed E-state index contributed by atoms with van der Waals surface area (Å²) in [6.45, 7) is 9.73. The van der Waals surface area contributed by atoms with Crippen LogP contribution in [-0.2, 0) is 0 Å². The molecular formula is C14H22BrN3S. The number of likely N-dealkylation sites (N-methyl/N-ethyl adjacent to an activating group) is 1. The van der Waals surface area contributed by atoms with Crippen molar-refractivity contribution in [3.05, 3.63) is 28.2 Å². The Morgan fingerprint density at radius 3 is 2.53 bits per heavy atom. The standard InChI is InChI=1S/C14H22BrN3S/c1-4-18(5-2)9-10(3)17-13-7-6-11(14(16)19)8-12(13)15/h6-8,10,17H,4-5,9H2,1-3H3,(H2,16,19). The van der Waals surface area contributed by atoms with Crippen LogP contribution in [0.2, 0.25) is 0 Å². The molecule has 0 aliphatic carbocycles. The van der Waals surface area contributed by atoms with Crippen molar-refractivity contribution in [2.75, 3.05) is 25.0 Å². The fourth-order valence-corrected chi connectivity index (χ4v) is 2.59. The van der Waals surface area contributed by atoms with Crippen molar-refractivity contribution in [3.8, 4) is 0 Å². The van der Waals surface area contributed by atoms with Crippen LogP contribution in [-0.4, -0.2) is 35.6 Å². The molecule has 1 unspecified atom stereocenters. The van der Waals surface area contributed by atoms with Gasteiger partial charge in [-0.25, -0.2) is 0 Å². The highest BCUT2D eigenvalue weighted by molar-refractivity contribution is 9.10. The Kier molecular flexibility index (Phi) is 6.75. The Morgan fingerprint density at radius 2 is 2.05 bits per heavy atom. The normalized spacial score (nSPS) is 12.5. The summed E-state index contributed by atoms with van der Waals surface area (Å²) in [4.78, 5) is 2.82. The fraction of sp³-hybridized carbons (Fsp3) is 0.500. The van der Waals surface area contributed by atoms with Crippen LogP contribution in [0.25, 0.3) is 0 Å². The van der Waals surface area contributed by atoms with Gasteiger partial charge in [-0.1, -0.05) is 26.1 Å². The molecule has 0 saturated heterocycles. The minimum atomic E-state index is 0.381. The summed E-state index contributed by atoms with van der Waals surface area (Å²) >= 11 is 8.52. The zero-order chi connectivity index (χ0) is 14.4. The van der Waals surface area contributed by atoms with E-state index in [0.29, 0.717) is 11.0 Å². The number of halogens is 1. The lowest BCUT2D eigenvalue weighted by Gasteiger charge is -2.24. The molecule has 3 N–H and O–H groups in total. The van der Waals surface area contributed by atoms with E-state index in [4.69, 9.17) is 18.0 Å². The second kappa shape index (κ2) is 7.82. The van der Waals surface area contributed by atoms with Crippen LogP contribution in [0.1, 0.15) is 26.3 Å². The van der Waals surface area contributed by atoms with E-state index < -0.39 is 0 Å². The van der Waals surface area contributed by atoms with Gasteiger partial charge < -0.3 is 16.0 Å². The first-order chi connectivity index (χ1) is 8.97. The van der Waals surface area contributed by atoms with E-state index in [1.807, 2.05) is 18.2 Å². The molecule has 0 radical (unpaired) electrons. The molecule has 106 valence electrons. The summed E-state index contributed by atoms with van der Waals surface area (Å²) < 4.78 is 0.990. The maximum absolute atomic E-state index is 5.62. The van der Waals surface area contributed by atoms with Gasteiger partial charge in [0, 0.05) is 28.3 Å². The predicted octanol–water partition coefficient (Wildman–Crippen LogP) is 3.23. The largest absolute Gasteiger partial charge is 0.389 e. The van der Waals surface area contributed by atoms with Gasteiger partial charge in [-0.3, -0.25) is 0 Å². The van der Waals surface area contributed by atoms with Crippen LogP contribution in [0.15, 0.2) is 22.7 Å². The Balaban J connectivity index is 2.69. The monoisotopic (exact) mass is 343 g/mol. The van der Waals surface area contributed by atoms with Crippen molar-refractivity contribution < 1.29 is 0 Å². The van der Waals surface area contributed by atoms with Crippen molar-refractivity contribution in [2.45, 2.75) is 26.8 Å². The van der Waals surface area contributed by atoms with Crippen LogP contribution in [0.3, 0.4) is 0 Å². The molecule has 1 rings (SSSR count). The van der Waals surface area contributed by atoms with Crippen molar-refractivity contribution >= 4 is 38.8 Å². The quantitative estimate of drug-likeness (QED) is 0.746. The molecule has 5 heteroatoms. The van der Waals surface area contributed by atoms with E-state index in [-0.39, 0.29) is 0 Å². The zero-order valence-electron chi connectivity index (χ0n) is 11.7. The SMILES string of the molecule is CCN(CC)CC(C)Nc1ccc(C(N)=S)cc1Br. The minimum absolute atomic E-state index is 0.381. The van der Waals surface area contributed by atoms with Gasteiger partial charge in [0.05, 0.1) is 0 Å². The van der Waals surface area contributed by atoms with Crippen LogP contribution in [0, 0.1) is 0 Å². The summed E-state index contributed by atoms with van der Waals surface area (Å²) in [5.74, 6) is 0. The maximum Gasteiger partial charge on any atom is 0.104 e. The van der Waals surface area contributed by atoms with Crippen LogP contribution < -0.4 is 11.1 Å². The van der Waals surface area contributed by atoms with Gasteiger partial charge >= 0.3 is 0 Å². The van der Waals surface area contributed by atoms with E-state index >= 15 is 0 Å². The van der Waals surface area contributed by atoms with E-state index in [0.717, 1.165) is 35.4 Å². The van der Waals surface area contributed by atoms with E-state index in [1.165, 1.54) is 0 Å². The molecule has 0 aliphatic heterocycles. The molecule has 0 heterocycles. The number of nitrogens with two attached hydrogens (primary N) is 1. The van der Waals surface area contributed by atoms with Crippen LogP contribution in [0.5, 0.6) is 0 Å². The summed E-state index contributed by atoms with van der Waals surface area (Å²) in [6, 6.07) is 6.29. The van der Waals surface area contributed by atoms with Crippen molar-refractivity contribution in [3.63, 3.8) is 0 Å². The van der Waals surface area contributed by atoms with Gasteiger partial charge in [-0.15, -0.1) is 0 Å². The third-order valence-corrected chi connectivity index (χ3v) is 3.97. The molecule has 0 saturated carbocycles. The Labute approximate surface area is 129 Å². The smallest absolute Gasteiger partial charge is 0.104 e. The highest BCUT2D eigenvalue weighted by Gasteiger charge is 2.09. The van der Waals surface area contributed by atoms with Gasteiger partial charge in [0.25, 0.3) is 0 Å². The van der Waals surface area contributed by atoms with Crippen molar-refractivity contribution in [2.24, 2.45) is 5.73 Å². The number of anilines is 1. The summed E-state index contributed by atoms with van der Waals surface area (Å²) in [6.07, 6.45) is 0. The first-order valence-electron chi connectivity index (χ1n) is 6.56. The lowest BCUT2D eigenvalue weighted by Crippen LogP contribution is -2.34. The molecule has 0 aromatic heterocycles. The zero-order valence-corrected chi connectivity index (χ0v) is 14.1. The molecule has 0 amide bonds. The number of benzene rings is 1. The molecule has 0 fully saturated rings. The fourth-order valence-electron chi connectivity index (χ4n) is 1.97. The van der Waals surface area contributed by atoms with Crippen LogP contribution >= 0.6 is 28.1 Å². The number of rotatable bonds is 7. The van der Waals surface area contributed by atoms with Crippen molar-refractivity contribution in [1.29, 1.82) is 0 Å². The third kappa shape index (κ3) is 5.09. The van der Waals surface area contributed by atoms with Crippen molar-refractivity contribution in [1.82, 2.24) is 4.90 Å². The Bertz CT molecular complexity index is 433. The average molecular weight is 344 g/mol. The van der Waals surface area contributed by atoms with E-state index in [9.17, 15) is 0 Å². The maximum atomic E-state index is 5.62. The van der Waals surface area contributed by atoms with Gasteiger partial charge in [-0.2, -0.15) is 0 Å². The molecule has 3 nitrogen and oxygen atoms in total. The highest BCUT2D eigenvalue weighted by atomic mass is 79.9. The molecule has 19 heavy (non-hydrogen) atoms. The van der Waals surface area contributed by atoms with Gasteiger partial charge in [0.1, 0.15) is 4.99 Å². The number of nitrogens with one attached hydrogen (secondary N) is 1. The molecule has 0 aliphatic rings. The number of nitrogens with zero attached hydrogens (tertiary/aromatic N) is 1. The molecule has 0 bridgehead atoms. The summed E-state index contributed by atoms with van der Waals surface area (Å²) in [5, 5.41) is 3.50. The van der Waals surface area contributed by atoms with Gasteiger partial charge in [0.2, 0.25) is 0 Å². The highest BCUT2D eigenvalue weighted by Crippen LogP contribution is 2.24. The molecule has 1 aromatic rings. The Morgan fingerprint density at radius 1 is 1.42 bits per heavy atom. The van der Waals surface area contributed by atoms with E-state index in [2.05, 4.69) is 46.9 Å². The lowest BCUT2D eigenvalue weighted by atomic mass is 10.2. The number of thiocarbonyl (C=S) groups is 1. The second-order valence-electron chi connectivity index (χ2n) is 4.59. The summed E-state index contributed by atoms with van der Waals surface area (Å²) in [7, 11) is 0. The first-order valence-corrected chi connectivity index (χ1v) is 7.76. The van der Waals surface area contributed by atoms with E-state index in [1.54, 1.807) is 0 Å². The topological polar surface area (TPSA) is 41.3 Å². The van der Waals surface area contributed by atoms with Crippen LogP contribution in [0.4, 0.5) is 5.69 Å². The second-order valence-corrected chi connectivity index (χ2v) is 5.88. The minimum Gasteiger partial charge on any atom is -0.389 e. The molecule has 1 aromatic carbocycles. The van der Waals surface area contributed by atoms with Gasteiger partial charge in [-0.05, 0) is 54.1 Å². The third-order valence-electron chi connectivity index (χ3n) is 3.08. The number of hydrogen-bond donors (Lipinski definition) is 2. The number of hydrogen-bond acceptors (Lipinski definition) is 3. The molecular weight excluding hydrogens is 322 g/mol. The molecule has 0 spiro atoms. The Hall–Kier alpha value is -0.650. The summed E-state index contributed by atoms with van der Waals surface area (Å²) in [5.41, 5.74) is 7.57. The lowest BCUT2D eigenvalue weighted by molar-refractivity contribution is 0.295. The first kappa shape index (κ1) is 16.4. The van der Waals surface area contributed by atoms with Gasteiger partial charge in [0.15, 0.2) is 0 Å².